The van der Waals surface area contributed by atoms with Crippen molar-refractivity contribution in [2.75, 3.05) is 26.2 Å². The van der Waals surface area contributed by atoms with Crippen LogP contribution in [0.2, 0.25) is 0 Å². The maximum Gasteiger partial charge on any atom is 0.0996 e. The van der Waals surface area contributed by atoms with Gasteiger partial charge < -0.3 is 9.72 Å². The van der Waals surface area contributed by atoms with Gasteiger partial charge in [0.05, 0.1) is 23.6 Å². The Bertz CT molecular complexity index is 499. The standard InChI is InChI=1S/C13H18N4/c1-11(16-8-5-14-6-9-16)13-12-4-2-3-7-17(12)10-15-13/h2-4,7,10-11,14H,5-6,8-9H2,1H3. The van der Waals surface area contributed by atoms with Crippen LogP contribution in [-0.4, -0.2) is 40.5 Å². The molecule has 1 N–H and O–H groups in total. The van der Waals surface area contributed by atoms with Crippen molar-refractivity contribution in [2.45, 2.75) is 13.0 Å². The largest absolute Gasteiger partial charge is 0.314 e. The average Bonchev–Trinajstić information content (AvgIpc) is 2.83. The molecule has 4 nitrogen and oxygen atoms in total. The Balaban J connectivity index is 1.92. The molecular formula is C13H18N4. The lowest BCUT2D eigenvalue weighted by atomic mass is 10.1. The summed E-state index contributed by atoms with van der Waals surface area (Å²) >= 11 is 0. The van der Waals surface area contributed by atoms with Gasteiger partial charge in [0, 0.05) is 32.4 Å². The van der Waals surface area contributed by atoms with Crippen LogP contribution in [0.15, 0.2) is 30.7 Å². The number of pyridine rings is 1. The van der Waals surface area contributed by atoms with E-state index in [4.69, 9.17) is 0 Å². The summed E-state index contributed by atoms with van der Waals surface area (Å²) in [6.07, 6.45) is 3.96. The molecular weight excluding hydrogens is 212 g/mol. The minimum absolute atomic E-state index is 0.393. The first-order chi connectivity index (χ1) is 8.36. The fourth-order valence-electron chi connectivity index (χ4n) is 2.53. The van der Waals surface area contributed by atoms with Crippen molar-refractivity contribution < 1.29 is 0 Å². The van der Waals surface area contributed by atoms with E-state index in [-0.39, 0.29) is 0 Å². The highest BCUT2D eigenvalue weighted by Crippen LogP contribution is 2.23. The molecule has 17 heavy (non-hydrogen) atoms. The Morgan fingerprint density at radius 1 is 1.29 bits per heavy atom. The molecule has 1 aliphatic rings. The van der Waals surface area contributed by atoms with Gasteiger partial charge in [-0.2, -0.15) is 0 Å². The molecule has 3 heterocycles. The minimum atomic E-state index is 0.393. The normalized spacial score (nSPS) is 19.6. The molecule has 1 unspecified atom stereocenters. The van der Waals surface area contributed by atoms with Crippen LogP contribution in [-0.2, 0) is 0 Å². The van der Waals surface area contributed by atoms with E-state index in [1.165, 1.54) is 11.2 Å². The fraction of sp³-hybridized carbons (Fsp3) is 0.462. The average molecular weight is 230 g/mol. The highest BCUT2D eigenvalue weighted by molar-refractivity contribution is 5.52. The fourth-order valence-corrected chi connectivity index (χ4v) is 2.53. The first kappa shape index (κ1) is 10.7. The Morgan fingerprint density at radius 3 is 2.94 bits per heavy atom. The van der Waals surface area contributed by atoms with Crippen molar-refractivity contribution in [3.05, 3.63) is 36.4 Å². The van der Waals surface area contributed by atoms with Crippen LogP contribution < -0.4 is 5.32 Å². The first-order valence-corrected chi connectivity index (χ1v) is 6.22. The third-order valence-corrected chi connectivity index (χ3v) is 3.57. The van der Waals surface area contributed by atoms with Crippen LogP contribution in [0.1, 0.15) is 18.7 Å². The molecule has 1 atom stereocenters. The van der Waals surface area contributed by atoms with Gasteiger partial charge in [-0.25, -0.2) is 4.98 Å². The van der Waals surface area contributed by atoms with E-state index in [0.29, 0.717) is 6.04 Å². The van der Waals surface area contributed by atoms with E-state index in [1.54, 1.807) is 0 Å². The van der Waals surface area contributed by atoms with Gasteiger partial charge in [-0.15, -0.1) is 0 Å². The first-order valence-electron chi connectivity index (χ1n) is 6.22. The van der Waals surface area contributed by atoms with E-state index in [9.17, 15) is 0 Å². The van der Waals surface area contributed by atoms with Crippen molar-refractivity contribution >= 4 is 5.52 Å². The molecule has 2 aromatic heterocycles. The summed E-state index contributed by atoms with van der Waals surface area (Å²) in [5.41, 5.74) is 2.41. The second-order valence-electron chi connectivity index (χ2n) is 4.58. The molecule has 0 aromatic carbocycles. The Kier molecular flexibility index (Phi) is 2.82. The summed E-state index contributed by atoms with van der Waals surface area (Å²) in [5.74, 6) is 0. The zero-order valence-electron chi connectivity index (χ0n) is 10.1. The van der Waals surface area contributed by atoms with Crippen molar-refractivity contribution in [3.63, 3.8) is 0 Å². The zero-order chi connectivity index (χ0) is 11.7. The van der Waals surface area contributed by atoms with E-state index in [0.717, 1.165) is 26.2 Å². The van der Waals surface area contributed by atoms with E-state index in [1.807, 2.05) is 12.4 Å². The van der Waals surface area contributed by atoms with Crippen molar-refractivity contribution in [1.29, 1.82) is 0 Å². The number of fused-ring (bicyclic) bond motifs is 1. The van der Waals surface area contributed by atoms with Crippen LogP contribution in [0, 0.1) is 0 Å². The number of hydrogen-bond donors (Lipinski definition) is 1. The number of hydrogen-bond acceptors (Lipinski definition) is 3. The number of nitrogens with zero attached hydrogens (tertiary/aromatic N) is 3. The summed E-state index contributed by atoms with van der Waals surface area (Å²) in [4.78, 5) is 7.06. The maximum absolute atomic E-state index is 4.57. The highest BCUT2D eigenvalue weighted by atomic mass is 15.2. The quantitative estimate of drug-likeness (QED) is 0.844. The lowest BCUT2D eigenvalue weighted by Gasteiger charge is -2.32. The molecule has 2 aromatic rings. The molecule has 0 saturated carbocycles. The van der Waals surface area contributed by atoms with E-state index >= 15 is 0 Å². The second-order valence-corrected chi connectivity index (χ2v) is 4.58. The van der Waals surface area contributed by atoms with Crippen LogP contribution in [0.25, 0.3) is 5.52 Å². The summed E-state index contributed by atoms with van der Waals surface area (Å²) < 4.78 is 2.09. The van der Waals surface area contributed by atoms with Gasteiger partial charge in [-0.3, -0.25) is 4.90 Å². The number of aromatic nitrogens is 2. The zero-order valence-corrected chi connectivity index (χ0v) is 10.1. The molecule has 1 saturated heterocycles. The maximum atomic E-state index is 4.57. The molecule has 0 bridgehead atoms. The number of rotatable bonds is 2. The smallest absolute Gasteiger partial charge is 0.0996 e. The minimum Gasteiger partial charge on any atom is -0.314 e. The number of nitrogens with one attached hydrogen (secondary N) is 1. The lowest BCUT2D eigenvalue weighted by Crippen LogP contribution is -2.44. The van der Waals surface area contributed by atoms with Crippen LogP contribution in [0.3, 0.4) is 0 Å². The predicted molar refractivity (Wildman–Crippen MR) is 68.0 cm³/mol. The SMILES string of the molecule is CC(c1ncn2ccccc12)N1CCNCC1. The number of piperazine rings is 1. The van der Waals surface area contributed by atoms with Crippen molar-refractivity contribution in [1.82, 2.24) is 19.6 Å². The molecule has 3 rings (SSSR count). The summed E-state index contributed by atoms with van der Waals surface area (Å²) in [7, 11) is 0. The van der Waals surface area contributed by atoms with Gasteiger partial charge in [0.25, 0.3) is 0 Å². The Labute approximate surface area is 101 Å². The molecule has 0 aliphatic carbocycles. The number of imidazole rings is 1. The van der Waals surface area contributed by atoms with Gasteiger partial charge in [0.15, 0.2) is 0 Å². The molecule has 4 heteroatoms. The molecule has 1 aliphatic heterocycles. The monoisotopic (exact) mass is 230 g/mol. The predicted octanol–water partition coefficient (Wildman–Crippen LogP) is 1.30. The highest BCUT2D eigenvalue weighted by Gasteiger charge is 2.21. The van der Waals surface area contributed by atoms with E-state index in [2.05, 4.69) is 44.9 Å². The summed E-state index contributed by atoms with van der Waals surface area (Å²) in [5, 5.41) is 3.38. The molecule has 0 radical (unpaired) electrons. The van der Waals surface area contributed by atoms with Crippen LogP contribution in [0.4, 0.5) is 0 Å². The van der Waals surface area contributed by atoms with Crippen molar-refractivity contribution in [2.24, 2.45) is 0 Å². The molecule has 0 spiro atoms. The third kappa shape index (κ3) is 1.94. The van der Waals surface area contributed by atoms with Crippen LogP contribution >= 0.6 is 0 Å². The van der Waals surface area contributed by atoms with Gasteiger partial charge in [-0.05, 0) is 19.1 Å². The lowest BCUT2D eigenvalue weighted by molar-refractivity contribution is 0.184. The third-order valence-electron chi connectivity index (χ3n) is 3.57. The molecule has 90 valence electrons. The van der Waals surface area contributed by atoms with Gasteiger partial charge >= 0.3 is 0 Å². The molecule has 1 fully saturated rings. The molecule has 0 amide bonds. The summed E-state index contributed by atoms with van der Waals surface area (Å²) in [6, 6.07) is 6.64. The van der Waals surface area contributed by atoms with Gasteiger partial charge in [0.1, 0.15) is 0 Å². The Morgan fingerprint density at radius 2 is 2.12 bits per heavy atom. The summed E-state index contributed by atoms with van der Waals surface area (Å²) in [6.45, 7) is 6.62. The Hall–Kier alpha value is -1.39. The van der Waals surface area contributed by atoms with Gasteiger partial charge in [-0.1, -0.05) is 6.07 Å². The second kappa shape index (κ2) is 4.47. The van der Waals surface area contributed by atoms with E-state index < -0.39 is 0 Å². The van der Waals surface area contributed by atoms with Gasteiger partial charge in [0.2, 0.25) is 0 Å². The van der Waals surface area contributed by atoms with Crippen LogP contribution in [0.5, 0.6) is 0 Å². The van der Waals surface area contributed by atoms with Crippen molar-refractivity contribution in [3.8, 4) is 0 Å². The topological polar surface area (TPSA) is 32.6 Å².